The number of carbonyl (C=O) groups excluding carboxylic acids is 1. The minimum atomic E-state index is 0.162. The Balaban J connectivity index is 1.90. The lowest BCUT2D eigenvalue weighted by molar-refractivity contribution is -0.122. The molecule has 0 spiro atoms. The Morgan fingerprint density at radius 1 is 1.26 bits per heavy atom. The van der Waals surface area contributed by atoms with Crippen LogP contribution in [-0.4, -0.2) is 5.91 Å². The zero-order chi connectivity index (χ0) is 13.7. The second-order valence-corrected chi connectivity index (χ2v) is 5.79. The molecule has 1 saturated carbocycles. The molecule has 1 aromatic rings. The predicted octanol–water partition coefficient (Wildman–Crippen LogP) is 4.14. The van der Waals surface area contributed by atoms with Crippen LogP contribution in [0.5, 0.6) is 0 Å². The summed E-state index contributed by atoms with van der Waals surface area (Å²) in [5.41, 5.74) is 2.48. The molecule has 1 atom stereocenters. The summed E-state index contributed by atoms with van der Waals surface area (Å²) in [7, 11) is 0. The van der Waals surface area contributed by atoms with Crippen LogP contribution in [0.1, 0.15) is 62.6 Å². The maximum atomic E-state index is 12.1. The van der Waals surface area contributed by atoms with Crippen molar-refractivity contribution in [3.8, 4) is 0 Å². The number of benzene rings is 1. The van der Waals surface area contributed by atoms with Gasteiger partial charge >= 0.3 is 0 Å². The Morgan fingerprint density at radius 3 is 2.47 bits per heavy atom. The summed E-state index contributed by atoms with van der Waals surface area (Å²) in [6.07, 6.45) is 6.71. The van der Waals surface area contributed by atoms with E-state index in [0.717, 1.165) is 6.42 Å². The van der Waals surface area contributed by atoms with Crippen molar-refractivity contribution >= 4 is 5.91 Å². The Kier molecular flexibility index (Phi) is 5.00. The van der Waals surface area contributed by atoms with E-state index < -0.39 is 0 Å². The number of amides is 1. The van der Waals surface area contributed by atoms with E-state index in [1.165, 1.54) is 36.8 Å². The van der Waals surface area contributed by atoms with Crippen molar-refractivity contribution in [2.75, 3.05) is 0 Å². The molecule has 0 heterocycles. The van der Waals surface area contributed by atoms with Crippen LogP contribution in [0.25, 0.3) is 0 Å². The molecule has 2 rings (SSSR count). The molecule has 0 bridgehead atoms. The zero-order valence-electron chi connectivity index (χ0n) is 12.1. The highest BCUT2D eigenvalue weighted by Gasteiger charge is 2.20. The van der Waals surface area contributed by atoms with Gasteiger partial charge in [0, 0.05) is 6.42 Å². The lowest BCUT2D eigenvalue weighted by Gasteiger charge is -2.19. The van der Waals surface area contributed by atoms with E-state index in [1.807, 2.05) is 0 Å². The number of hydrogen-bond acceptors (Lipinski definition) is 1. The average molecular weight is 259 g/mol. The summed E-state index contributed by atoms with van der Waals surface area (Å²) in [6, 6.07) is 8.63. The number of carbonyl (C=O) groups is 1. The van der Waals surface area contributed by atoms with E-state index in [-0.39, 0.29) is 11.9 Å². The Morgan fingerprint density at radius 2 is 1.89 bits per heavy atom. The SMILES string of the molecule is CCC(NC(=O)CC1CCCC1)c1ccc(C)cc1. The van der Waals surface area contributed by atoms with Gasteiger partial charge in [0.05, 0.1) is 6.04 Å². The second-order valence-electron chi connectivity index (χ2n) is 5.79. The smallest absolute Gasteiger partial charge is 0.220 e. The molecule has 1 fully saturated rings. The first-order chi connectivity index (χ1) is 9.19. The topological polar surface area (TPSA) is 29.1 Å². The average Bonchev–Trinajstić information content (AvgIpc) is 2.90. The van der Waals surface area contributed by atoms with Gasteiger partial charge in [0.15, 0.2) is 0 Å². The fraction of sp³-hybridized carbons (Fsp3) is 0.588. The summed E-state index contributed by atoms with van der Waals surface area (Å²) < 4.78 is 0. The second kappa shape index (κ2) is 6.74. The van der Waals surface area contributed by atoms with Gasteiger partial charge in [0.25, 0.3) is 0 Å². The van der Waals surface area contributed by atoms with Gasteiger partial charge in [0.2, 0.25) is 5.91 Å². The fourth-order valence-electron chi connectivity index (χ4n) is 2.95. The summed E-state index contributed by atoms with van der Waals surface area (Å²) in [5.74, 6) is 0.842. The molecule has 104 valence electrons. The molecule has 1 aliphatic rings. The Hall–Kier alpha value is -1.31. The van der Waals surface area contributed by atoms with Gasteiger partial charge in [-0.05, 0) is 37.7 Å². The first-order valence-electron chi connectivity index (χ1n) is 7.55. The third kappa shape index (κ3) is 4.09. The number of rotatable bonds is 5. The molecule has 1 unspecified atom stereocenters. The van der Waals surface area contributed by atoms with E-state index in [4.69, 9.17) is 0 Å². The van der Waals surface area contributed by atoms with E-state index >= 15 is 0 Å². The molecule has 2 heteroatoms. The van der Waals surface area contributed by atoms with Crippen LogP contribution in [0.15, 0.2) is 24.3 Å². The van der Waals surface area contributed by atoms with Crippen LogP contribution in [0.2, 0.25) is 0 Å². The van der Waals surface area contributed by atoms with Gasteiger partial charge in [-0.2, -0.15) is 0 Å². The van der Waals surface area contributed by atoms with Gasteiger partial charge in [-0.15, -0.1) is 0 Å². The van der Waals surface area contributed by atoms with Crippen molar-refractivity contribution in [2.24, 2.45) is 5.92 Å². The standard InChI is InChI=1S/C17H25NO/c1-3-16(15-10-8-13(2)9-11-15)18-17(19)12-14-6-4-5-7-14/h8-11,14,16H,3-7,12H2,1-2H3,(H,18,19). The van der Waals surface area contributed by atoms with Crippen LogP contribution in [0.3, 0.4) is 0 Å². The molecule has 2 nitrogen and oxygen atoms in total. The number of aryl methyl sites for hydroxylation is 1. The molecular weight excluding hydrogens is 234 g/mol. The molecule has 1 aliphatic carbocycles. The summed E-state index contributed by atoms with van der Waals surface area (Å²) in [6.45, 7) is 4.21. The van der Waals surface area contributed by atoms with Crippen molar-refractivity contribution in [1.29, 1.82) is 0 Å². The molecule has 1 amide bonds. The van der Waals surface area contributed by atoms with Crippen LogP contribution >= 0.6 is 0 Å². The minimum absolute atomic E-state index is 0.162. The highest BCUT2D eigenvalue weighted by Crippen LogP contribution is 2.28. The molecule has 0 aliphatic heterocycles. The maximum Gasteiger partial charge on any atom is 0.220 e. The molecule has 0 radical (unpaired) electrons. The minimum Gasteiger partial charge on any atom is -0.349 e. The molecule has 0 saturated heterocycles. The summed E-state index contributed by atoms with van der Waals surface area (Å²) >= 11 is 0. The monoisotopic (exact) mass is 259 g/mol. The summed E-state index contributed by atoms with van der Waals surface area (Å²) in [5, 5.41) is 3.19. The molecule has 19 heavy (non-hydrogen) atoms. The van der Waals surface area contributed by atoms with Gasteiger partial charge in [-0.1, -0.05) is 49.6 Å². The third-order valence-corrected chi connectivity index (χ3v) is 4.17. The highest BCUT2D eigenvalue weighted by molar-refractivity contribution is 5.76. The van der Waals surface area contributed by atoms with Crippen molar-refractivity contribution < 1.29 is 4.79 Å². The first kappa shape index (κ1) is 14.1. The zero-order valence-corrected chi connectivity index (χ0v) is 12.1. The molecular formula is C17H25NO. The number of hydrogen-bond donors (Lipinski definition) is 1. The lowest BCUT2D eigenvalue weighted by Crippen LogP contribution is -2.29. The lowest BCUT2D eigenvalue weighted by atomic mass is 10.0. The predicted molar refractivity (Wildman–Crippen MR) is 78.9 cm³/mol. The highest BCUT2D eigenvalue weighted by atomic mass is 16.1. The van der Waals surface area contributed by atoms with E-state index in [1.54, 1.807) is 0 Å². The first-order valence-corrected chi connectivity index (χ1v) is 7.55. The van der Waals surface area contributed by atoms with Crippen molar-refractivity contribution in [3.05, 3.63) is 35.4 Å². The van der Waals surface area contributed by atoms with Crippen LogP contribution in [0.4, 0.5) is 0 Å². The van der Waals surface area contributed by atoms with Gasteiger partial charge in [0.1, 0.15) is 0 Å². The van der Waals surface area contributed by atoms with Crippen LogP contribution in [0, 0.1) is 12.8 Å². The quantitative estimate of drug-likeness (QED) is 0.846. The van der Waals surface area contributed by atoms with Gasteiger partial charge < -0.3 is 5.32 Å². The Labute approximate surface area is 116 Å². The van der Waals surface area contributed by atoms with E-state index in [0.29, 0.717) is 12.3 Å². The summed E-state index contributed by atoms with van der Waals surface area (Å²) in [4.78, 5) is 12.1. The maximum absolute atomic E-state index is 12.1. The molecule has 1 aromatic carbocycles. The van der Waals surface area contributed by atoms with Crippen molar-refractivity contribution in [1.82, 2.24) is 5.32 Å². The van der Waals surface area contributed by atoms with Gasteiger partial charge in [-0.3, -0.25) is 4.79 Å². The van der Waals surface area contributed by atoms with Gasteiger partial charge in [-0.25, -0.2) is 0 Å². The van der Waals surface area contributed by atoms with Crippen molar-refractivity contribution in [3.63, 3.8) is 0 Å². The fourth-order valence-corrected chi connectivity index (χ4v) is 2.95. The van der Waals surface area contributed by atoms with E-state index in [9.17, 15) is 4.79 Å². The number of nitrogens with one attached hydrogen (secondary N) is 1. The molecule has 1 N–H and O–H groups in total. The van der Waals surface area contributed by atoms with Crippen LogP contribution < -0.4 is 5.32 Å². The van der Waals surface area contributed by atoms with Crippen LogP contribution in [-0.2, 0) is 4.79 Å². The van der Waals surface area contributed by atoms with Crippen molar-refractivity contribution in [2.45, 2.75) is 58.4 Å². The van der Waals surface area contributed by atoms with E-state index in [2.05, 4.69) is 43.4 Å². The normalized spacial score (nSPS) is 17.4. The largest absolute Gasteiger partial charge is 0.349 e. The third-order valence-electron chi connectivity index (χ3n) is 4.17. The molecule has 0 aromatic heterocycles. The Bertz CT molecular complexity index is 404.